The third-order valence-corrected chi connectivity index (χ3v) is 5.02. The summed E-state index contributed by atoms with van der Waals surface area (Å²) in [5.74, 6) is 1.13. The van der Waals surface area contributed by atoms with Gasteiger partial charge in [-0.2, -0.15) is 5.26 Å². The Labute approximate surface area is 145 Å². The van der Waals surface area contributed by atoms with E-state index >= 15 is 0 Å². The zero-order valence-corrected chi connectivity index (χ0v) is 14.6. The summed E-state index contributed by atoms with van der Waals surface area (Å²) in [5.41, 5.74) is 0.838. The third kappa shape index (κ3) is 3.97. The van der Waals surface area contributed by atoms with E-state index in [-0.39, 0.29) is 22.0 Å². The van der Waals surface area contributed by atoms with Crippen LogP contribution in [-0.2, 0) is 16.6 Å². The molecule has 0 aromatic heterocycles. The number of nitrogens with one attached hydrogen (secondary N) is 1. The standard InChI is InChI=1S/C16H15ClN2O4S/c1-22-13-4-6-16(23-2)12(7-13)10-19-24(20,21)14-5-3-11(9-18)15(17)8-14/h3-8,19H,10H2,1-2H3. The van der Waals surface area contributed by atoms with Crippen molar-refractivity contribution < 1.29 is 17.9 Å². The molecule has 0 atom stereocenters. The Morgan fingerprint density at radius 1 is 1.17 bits per heavy atom. The third-order valence-electron chi connectivity index (χ3n) is 3.31. The van der Waals surface area contributed by atoms with E-state index in [2.05, 4.69) is 4.72 Å². The fourth-order valence-electron chi connectivity index (χ4n) is 2.03. The van der Waals surface area contributed by atoms with Crippen LogP contribution < -0.4 is 14.2 Å². The summed E-state index contributed by atoms with van der Waals surface area (Å²) in [6.07, 6.45) is 0. The average molecular weight is 367 g/mol. The van der Waals surface area contributed by atoms with Gasteiger partial charge in [0.15, 0.2) is 0 Å². The average Bonchev–Trinajstić information content (AvgIpc) is 2.59. The van der Waals surface area contributed by atoms with Crippen molar-refractivity contribution in [1.29, 1.82) is 5.26 Å². The SMILES string of the molecule is COc1ccc(OC)c(CNS(=O)(=O)c2ccc(C#N)c(Cl)c2)c1. The molecule has 2 aromatic carbocycles. The minimum Gasteiger partial charge on any atom is -0.497 e. The molecule has 6 nitrogen and oxygen atoms in total. The Kier molecular flexibility index (Phi) is 5.67. The lowest BCUT2D eigenvalue weighted by molar-refractivity contribution is 0.398. The highest BCUT2D eigenvalue weighted by molar-refractivity contribution is 7.89. The van der Waals surface area contributed by atoms with Crippen molar-refractivity contribution in [2.75, 3.05) is 14.2 Å². The second-order valence-electron chi connectivity index (χ2n) is 4.76. The number of nitriles is 1. The van der Waals surface area contributed by atoms with E-state index in [1.807, 2.05) is 6.07 Å². The number of hydrogen-bond acceptors (Lipinski definition) is 5. The second kappa shape index (κ2) is 7.53. The van der Waals surface area contributed by atoms with Crippen LogP contribution in [0, 0.1) is 11.3 Å². The summed E-state index contributed by atoms with van der Waals surface area (Å²) >= 11 is 5.89. The highest BCUT2D eigenvalue weighted by Crippen LogP contribution is 2.25. The van der Waals surface area contributed by atoms with Crippen molar-refractivity contribution in [1.82, 2.24) is 4.72 Å². The molecule has 0 aliphatic carbocycles. The van der Waals surface area contributed by atoms with Gasteiger partial charge in [-0.25, -0.2) is 13.1 Å². The molecule has 0 amide bonds. The number of methoxy groups -OCH3 is 2. The van der Waals surface area contributed by atoms with E-state index in [1.165, 1.54) is 32.4 Å². The molecule has 0 unspecified atom stereocenters. The van der Waals surface area contributed by atoms with Crippen LogP contribution >= 0.6 is 11.6 Å². The molecule has 0 aliphatic heterocycles. The zero-order chi connectivity index (χ0) is 17.7. The minimum atomic E-state index is -3.79. The van der Waals surface area contributed by atoms with Crippen molar-refractivity contribution in [3.05, 3.63) is 52.5 Å². The smallest absolute Gasteiger partial charge is 0.240 e. The van der Waals surface area contributed by atoms with Crippen molar-refractivity contribution in [3.8, 4) is 17.6 Å². The molecule has 0 saturated heterocycles. The molecule has 0 bridgehead atoms. The van der Waals surface area contributed by atoms with Gasteiger partial charge in [0.2, 0.25) is 10.0 Å². The molecular weight excluding hydrogens is 352 g/mol. The number of halogens is 1. The van der Waals surface area contributed by atoms with Gasteiger partial charge in [-0.05, 0) is 36.4 Å². The molecule has 2 rings (SSSR count). The van der Waals surface area contributed by atoms with Gasteiger partial charge >= 0.3 is 0 Å². The lowest BCUT2D eigenvalue weighted by Gasteiger charge is -2.12. The van der Waals surface area contributed by atoms with E-state index in [1.54, 1.807) is 18.2 Å². The minimum absolute atomic E-state index is 0.0142. The topological polar surface area (TPSA) is 88.4 Å². The van der Waals surface area contributed by atoms with Crippen LogP contribution in [0.3, 0.4) is 0 Å². The summed E-state index contributed by atoms with van der Waals surface area (Å²) < 4.78 is 37.6. The van der Waals surface area contributed by atoms with Crippen LogP contribution in [0.4, 0.5) is 0 Å². The number of rotatable bonds is 6. The Balaban J connectivity index is 2.25. The lowest BCUT2D eigenvalue weighted by atomic mass is 10.2. The highest BCUT2D eigenvalue weighted by atomic mass is 35.5. The fourth-order valence-corrected chi connectivity index (χ4v) is 3.35. The summed E-state index contributed by atoms with van der Waals surface area (Å²) in [5, 5.41) is 8.93. The van der Waals surface area contributed by atoms with Gasteiger partial charge in [-0.1, -0.05) is 11.6 Å². The Morgan fingerprint density at radius 2 is 1.92 bits per heavy atom. The molecule has 0 heterocycles. The van der Waals surface area contributed by atoms with Crippen molar-refractivity contribution in [2.45, 2.75) is 11.4 Å². The molecule has 2 aromatic rings. The van der Waals surface area contributed by atoms with Crippen LogP contribution in [0.15, 0.2) is 41.3 Å². The fraction of sp³-hybridized carbons (Fsp3) is 0.188. The maximum Gasteiger partial charge on any atom is 0.240 e. The van der Waals surface area contributed by atoms with Gasteiger partial charge in [0, 0.05) is 12.1 Å². The molecule has 0 saturated carbocycles. The van der Waals surface area contributed by atoms with Crippen LogP contribution in [0.5, 0.6) is 11.5 Å². The summed E-state index contributed by atoms with van der Waals surface area (Å²) in [7, 11) is -0.768. The molecular formula is C16H15ClN2O4S. The summed E-state index contributed by atoms with van der Waals surface area (Å²) in [6.45, 7) is 0.0142. The maximum absolute atomic E-state index is 12.4. The van der Waals surface area contributed by atoms with Crippen LogP contribution in [0.25, 0.3) is 0 Å². The van der Waals surface area contributed by atoms with Crippen LogP contribution in [0.1, 0.15) is 11.1 Å². The van der Waals surface area contributed by atoms with Crippen molar-refractivity contribution >= 4 is 21.6 Å². The van der Waals surface area contributed by atoms with Crippen LogP contribution in [0.2, 0.25) is 5.02 Å². The quantitative estimate of drug-likeness (QED) is 0.849. The van der Waals surface area contributed by atoms with E-state index in [9.17, 15) is 8.42 Å². The highest BCUT2D eigenvalue weighted by Gasteiger charge is 2.17. The first kappa shape index (κ1) is 18.1. The maximum atomic E-state index is 12.4. The molecule has 0 aliphatic rings. The largest absolute Gasteiger partial charge is 0.497 e. The first-order valence-corrected chi connectivity index (χ1v) is 8.67. The van der Waals surface area contributed by atoms with Gasteiger partial charge in [-0.3, -0.25) is 0 Å². The van der Waals surface area contributed by atoms with Gasteiger partial charge in [0.1, 0.15) is 17.6 Å². The molecule has 0 fully saturated rings. The number of hydrogen-bond donors (Lipinski definition) is 1. The molecule has 0 spiro atoms. The van der Waals surface area contributed by atoms with Gasteiger partial charge < -0.3 is 9.47 Å². The molecule has 1 N–H and O–H groups in total. The van der Waals surface area contributed by atoms with E-state index in [4.69, 9.17) is 26.3 Å². The molecule has 8 heteroatoms. The first-order valence-electron chi connectivity index (χ1n) is 6.81. The van der Waals surface area contributed by atoms with E-state index in [0.717, 1.165) is 0 Å². The van der Waals surface area contributed by atoms with Crippen molar-refractivity contribution in [3.63, 3.8) is 0 Å². The van der Waals surface area contributed by atoms with Crippen molar-refractivity contribution in [2.24, 2.45) is 0 Å². The lowest BCUT2D eigenvalue weighted by Crippen LogP contribution is -2.23. The second-order valence-corrected chi connectivity index (χ2v) is 6.93. The van der Waals surface area contributed by atoms with Gasteiger partial charge in [-0.15, -0.1) is 0 Å². The monoisotopic (exact) mass is 366 g/mol. The Bertz CT molecular complexity index is 891. The zero-order valence-electron chi connectivity index (χ0n) is 13.0. The predicted molar refractivity (Wildman–Crippen MR) is 89.7 cm³/mol. The van der Waals surface area contributed by atoms with Gasteiger partial charge in [0.25, 0.3) is 0 Å². The normalized spacial score (nSPS) is 10.9. The molecule has 24 heavy (non-hydrogen) atoms. The predicted octanol–water partition coefficient (Wildman–Crippen LogP) is 2.71. The number of ether oxygens (including phenoxy) is 2. The number of benzene rings is 2. The summed E-state index contributed by atoms with van der Waals surface area (Å²) in [6, 6.07) is 10.9. The Morgan fingerprint density at radius 3 is 2.50 bits per heavy atom. The van der Waals surface area contributed by atoms with Gasteiger partial charge in [0.05, 0.1) is 29.7 Å². The Hall–Kier alpha value is -2.27. The first-order chi connectivity index (χ1) is 11.4. The van der Waals surface area contributed by atoms with E-state index < -0.39 is 10.0 Å². The van der Waals surface area contributed by atoms with E-state index in [0.29, 0.717) is 17.1 Å². The molecule has 0 radical (unpaired) electrons. The molecule has 126 valence electrons. The van der Waals surface area contributed by atoms with Crippen LogP contribution in [-0.4, -0.2) is 22.6 Å². The number of sulfonamides is 1. The number of nitrogens with zero attached hydrogens (tertiary/aromatic N) is 1. The summed E-state index contributed by atoms with van der Waals surface area (Å²) in [4.78, 5) is -0.0200.